The van der Waals surface area contributed by atoms with Gasteiger partial charge in [-0.05, 0) is 102 Å². The van der Waals surface area contributed by atoms with Gasteiger partial charge in [-0.25, -0.2) is 0 Å². The second-order valence-electron chi connectivity index (χ2n) is 4.47. The SMILES string of the molecule is CCC/C(I)=C1/CCCC/C1=C(\I)CCC. The van der Waals surface area contributed by atoms with Gasteiger partial charge < -0.3 is 0 Å². The van der Waals surface area contributed by atoms with Gasteiger partial charge in [0.25, 0.3) is 0 Å². The van der Waals surface area contributed by atoms with Crippen molar-refractivity contribution < 1.29 is 0 Å². The summed E-state index contributed by atoms with van der Waals surface area (Å²) < 4.78 is 3.25. The van der Waals surface area contributed by atoms with Gasteiger partial charge in [-0.2, -0.15) is 0 Å². The first-order valence-corrected chi connectivity index (χ1v) is 8.61. The summed E-state index contributed by atoms with van der Waals surface area (Å²) in [5.41, 5.74) is 3.40. The predicted molar refractivity (Wildman–Crippen MR) is 90.4 cm³/mol. The van der Waals surface area contributed by atoms with Crippen LogP contribution >= 0.6 is 45.2 Å². The highest BCUT2D eigenvalue weighted by atomic mass is 127. The van der Waals surface area contributed by atoms with Crippen LogP contribution in [0.1, 0.15) is 65.2 Å². The van der Waals surface area contributed by atoms with Gasteiger partial charge in [0.15, 0.2) is 0 Å². The van der Waals surface area contributed by atoms with E-state index < -0.39 is 0 Å². The van der Waals surface area contributed by atoms with Crippen LogP contribution in [0.25, 0.3) is 0 Å². The van der Waals surface area contributed by atoms with Gasteiger partial charge in [-0.1, -0.05) is 26.7 Å². The van der Waals surface area contributed by atoms with E-state index >= 15 is 0 Å². The molecule has 16 heavy (non-hydrogen) atoms. The lowest BCUT2D eigenvalue weighted by Crippen LogP contribution is -2.02. The number of halogens is 2. The van der Waals surface area contributed by atoms with Crippen molar-refractivity contribution in [2.75, 3.05) is 0 Å². The van der Waals surface area contributed by atoms with E-state index in [1.54, 1.807) is 18.3 Å². The molecule has 0 radical (unpaired) electrons. The lowest BCUT2D eigenvalue weighted by atomic mass is 9.88. The fourth-order valence-electron chi connectivity index (χ4n) is 2.24. The highest BCUT2D eigenvalue weighted by Crippen LogP contribution is 2.39. The Morgan fingerprint density at radius 2 is 1.25 bits per heavy atom. The van der Waals surface area contributed by atoms with Crippen molar-refractivity contribution in [2.24, 2.45) is 0 Å². The first-order chi connectivity index (χ1) is 7.70. The topological polar surface area (TPSA) is 0 Å². The van der Waals surface area contributed by atoms with Gasteiger partial charge in [0.2, 0.25) is 0 Å². The molecule has 1 fully saturated rings. The summed E-state index contributed by atoms with van der Waals surface area (Å²) in [6.45, 7) is 4.56. The summed E-state index contributed by atoms with van der Waals surface area (Å²) in [4.78, 5) is 0. The lowest BCUT2D eigenvalue weighted by Gasteiger charge is -2.22. The maximum atomic E-state index is 2.58. The minimum atomic E-state index is 1.27. The zero-order valence-electron chi connectivity index (χ0n) is 10.4. The van der Waals surface area contributed by atoms with Crippen molar-refractivity contribution in [1.82, 2.24) is 0 Å². The Labute approximate surface area is 128 Å². The molecule has 0 saturated heterocycles. The first-order valence-electron chi connectivity index (χ1n) is 6.46. The van der Waals surface area contributed by atoms with Crippen molar-refractivity contribution in [1.29, 1.82) is 0 Å². The van der Waals surface area contributed by atoms with Crippen molar-refractivity contribution in [3.63, 3.8) is 0 Å². The van der Waals surface area contributed by atoms with E-state index in [-0.39, 0.29) is 0 Å². The molecule has 0 atom stereocenters. The summed E-state index contributed by atoms with van der Waals surface area (Å²) in [6, 6.07) is 0. The average molecular weight is 444 g/mol. The van der Waals surface area contributed by atoms with Gasteiger partial charge in [-0.3, -0.25) is 0 Å². The van der Waals surface area contributed by atoms with E-state index in [1.807, 2.05) is 0 Å². The largest absolute Gasteiger partial charge is 0.0650 e. The third-order valence-electron chi connectivity index (χ3n) is 3.06. The number of rotatable bonds is 4. The smallest absolute Gasteiger partial charge is 0.00591 e. The molecule has 0 amide bonds. The molecule has 0 aliphatic heterocycles. The Balaban J connectivity index is 2.95. The molecule has 0 aromatic carbocycles. The van der Waals surface area contributed by atoms with Crippen molar-refractivity contribution >= 4 is 45.2 Å². The van der Waals surface area contributed by atoms with E-state index in [0.29, 0.717) is 0 Å². The molecule has 0 spiro atoms. The Morgan fingerprint density at radius 3 is 1.56 bits per heavy atom. The van der Waals surface area contributed by atoms with E-state index in [2.05, 4.69) is 59.0 Å². The Hall–Kier alpha value is 0.940. The molecular weight excluding hydrogens is 422 g/mol. The molecule has 0 nitrogen and oxygen atoms in total. The molecule has 0 aromatic rings. The fourth-order valence-corrected chi connectivity index (χ4v) is 4.51. The highest BCUT2D eigenvalue weighted by Gasteiger charge is 2.17. The van der Waals surface area contributed by atoms with Crippen LogP contribution in [0.3, 0.4) is 0 Å². The van der Waals surface area contributed by atoms with Gasteiger partial charge in [0.05, 0.1) is 0 Å². The molecule has 0 heterocycles. The van der Waals surface area contributed by atoms with Crippen LogP contribution in [-0.2, 0) is 0 Å². The van der Waals surface area contributed by atoms with Crippen LogP contribution in [0.4, 0.5) is 0 Å². The summed E-state index contributed by atoms with van der Waals surface area (Å²) in [5, 5.41) is 0. The maximum absolute atomic E-state index is 2.58. The molecule has 1 rings (SSSR count). The fraction of sp³-hybridized carbons (Fsp3) is 0.714. The van der Waals surface area contributed by atoms with Crippen LogP contribution in [0, 0.1) is 0 Å². The molecule has 0 bridgehead atoms. The second-order valence-corrected chi connectivity index (χ2v) is 7.08. The quantitative estimate of drug-likeness (QED) is 0.432. The summed E-state index contributed by atoms with van der Waals surface area (Å²) in [7, 11) is 0. The lowest BCUT2D eigenvalue weighted by molar-refractivity contribution is 0.669. The average Bonchev–Trinajstić information content (AvgIpc) is 2.30. The standard InChI is InChI=1S/C14H22I2/c1-3-7-13(15)11-9-5-6-10-12(11)14(16)8-4-2/h3-10H2,1-2H3/b13-11+,14-12+. The summed E-state index contributed by atoms with van der Waals surface area (Å²) >= 11 is 5.16. The van der Waals surface area contributed by atoms with E-state index in [0.717, 1.165) is 0 Å². The zero-order chi connectivity index (χ0) is 12.0. The molecule has 1 saturated carbocycles. The number of hydrogen-bond acceptors (Lipinski definition) is 0. The van der Waals surface area contributed by atoms with E-state index in [9.17, 15) is 0 Å². The van der Waals surface area contributed by atoms with E-state index in [1.165, 1.54) is 51.4 Å². The highest BCUT2D eigenvalue weighted by molar-refractivity contribution is 14.1. The van der Waals surface area contributed by atoms with Crippen LogP contribution in [-0.4, -0.2) is 0 Å². The molecule has 0 N–H and O–H groups in total. The third kappa shape index (κ3) is 4.31. The maximum Gasteiger partial charge on any atom is -0.00591 e. The van der Waals surface area contributed by atoms with Gasteiger partial charge >= 0.3 is 0 Å². The van der Waals surface area contributed by atoms with E-state index in [4.69, 9.17) is 0 Å². The van der Waals surface area contributed by atoms with Crippen LogP contribution < -0.4 is 0 Å². The normalized spacial score (nSPS) is 23.2. The first kappa shape index (κ1) is 15.0. The Morgan fingerprint density at radius 1 is 0.875 bits per heavy atom. The molecule has 0 unspecified atom stereocenters. The monoisotopic (exact) mass is 444 g/mol. The van der Waals surface area contributed by atoms with Crippen molar-refractivity contribution in [3.05, 3.63) is 18.3 Å². The molecular formula is C14H22I2. The third-order valence-corrected chi connectivity index (χ3v) is 5.44. The number of hydrogen-bond donors (Lipinski definition) is 0. The molecule has 1 aliphatic rings. The molecule has 1 aliphatic carbocycles. The minimum Gasteiger partial charge on any atom is -0.0650 e. The van der Waals surface area contributed by atoms with Crippen LogP contribution in [0.2, 0.25) is 0 Å². The van der Waals surface area contributed by atoms with Crippen LogP contribution in [0.5, 0.6) is 0 Å². The molecule has 0 aromatic heterocycles. The van der Waals surface area contributed by atoms with Gasteiger partial charge in [0, 0.05) is 0 Å². The van der Waals surface area contributed by atoms with Gasteiger partial charge in [-0.15, -0.1) is 0 Å². The minimum absolute atomic E-state index is 1.27. The second kappa shape index (κ2) is 8.11. The van der Waals surface area contributed by atoms with Crippen molar-refractivity contribution in [2.45, 2.75) is 65.2 Å². The summed E-state index contributed by atoms with van der Waals surface area (Å²) in [5.74, 6) is 0. The number of allylic oxidation sites excluding steroid dienone is 4. The molecule has 92 valence electrons. The van der Waals surface area contributed by atoms with Crippen LogP contribution in [0.15, 0.2) is 18.3 Å². The molecule has 2 heteroatoms. The predicted octanol–water partition coefficient (Wildman–Crippen LogP) is 6.54. The Kier molecular flexibility index (Phi) is 7.61. The Bertz CT molecular complexity index is 257. The summed E-state index contributed by atoms with van der Waals surface area (Å²) in [6.07, 6.45) is 10.5. The van der Waals surface area contributed by atoms with Gasteiger partial charge in [0.1, 0.15) is 0 Å². The zero-order valence-corrected chi connectivity index (χ0v) is 14.7. The van der Waals surface area contributed by atoms with Crippen molar-refractivity contribution in [3.8, 4) is 0 Å².